The van der Waals surface area contributed by atoms with Crippen molar-refractivity contribution in [3.05, 3.63) is 87.9 Å². The highest BCUT2D eigenvalue weighted by Crippen LogP contribution is 2.33. The lowest BCUT2D eigenvalue weighted by Gasteiger charge is -2.16. The van der Waals surface area contributed by atoms with Gasteiger partial charge in [-0.2, -0.15) is 0 Å². The molecule has 0 atom stereocenters. The quantitative estimate of drug-likeness (QED) is 0.251. The van der Waals surface area contributed by atoms with Crippen LogP contribution in [0.1, 0.15) is 23.1 Å². The number of hydrogen-bond donors (Lipinski definition) is 3. The van der Waals surface area contributed by atoms with E-state index in [1.165, 1.54) is 11.4 Å². The summed E-state index contributed by atoms with van der Waals surface area (Å²) < 4.78 is 25.8. The van der Waals surface area contributed by atoms with Gasteiger partial charge in [-0.15, -0.1) is 0 Å². The molecule has 0 amide bonds. The summed E-state index contributed by atoms with van der Waals surface area (Å²) in [7, 11) is -1.92. The number of aromatic nitrogens is 1. The smallest absolute Gasteiger partial charge is 0.303 e. The average Bonchev–Trinajstić information content (AvgIpc) is 3.15. The molecular formula is C26H24BrN3O5S. The van der Waals surface area contributed by atoms with E-state index in [1.54, 1.807) is 24.3 Å². The first kappa shape index (κ1) is 25.5. The van der Waals surface area contributed by atoms with Crippen molar-refractivity contribution in [2.75, 3.05) is 17.6 Å². The summed E-state index contributed by atoms with van der Waals surface area (Å²) in [4.78, 5) is 18.8. The minimum absolute atomic E-state index is 0.0344. The number of nitrogens with one attached hydrogen (secondary N) is 1. The minimum atomic E-state index is -3.40. The summed E-state index contributed by atoms with van der Waals surface area (Å²) in [6.07, 6.45) is 1.58. The second-order valence-electron chi connectivity index (χ2n) is 8.34. The molecule has 186 valence electrons. The lowest BCUT2D eigenvalue weighted by atomic mass is 9.98. The van der Waals surface area contributed by atoms with Gasteiger partial charge in [0.15, 0.2) is 5.88 Å². The number of anilines is 1. The standard InChI is InChI=1S/C26H24BrN3O5S/c1-30(36(2,34)35)20-11-9-19(10-12-20)28-25(17-6-3-16(4-7-17)5-14-23(31)32)24-21-13-8-18(27)15-22(21)29-26(24)33/h3-4,6-13,15,29,33H,5,14H2,1-2H3,(H,31,32). The van der Waals surface area contributed by atoms with E-state index in [9.17, 15) is 18.3 Å². The van der Waals surface area contributed by atoms with Crippen LogP contribution in [0.5, 0.6) is 5.88 Å². The number of carboxylic acids is 1. The number of halogens is 1. The highest BCUT2D eigenvalue weighted by atomic mass is 79.9. The molecule has 0 aliphatic heterocycles. The molecule has 0 fully saturated rings. The fraction of sp³-hybridized carbons (Fsp3) is 0.154. The monoisotopic (exact) mass is 569 g/mol. The highest BCUT2D eigenvalue weighted by molar-refractivity contribution is 9.10. The summed E-state index contributed by atoms with van der Waals surface area (Å²) in [5.41, 5.74) is 4.43. The van der Waals surface area contributed by atoms with E-state index in [4.69, 9.17) is 10.1 Å². The number of aliphatic carboxylic acids is 1. The lowest BCUT2D eigenvalue weighted by molar-refractivity contribution is -0.136. The van der Waals surface area contributed by atoms with Crippen LogP contribution in [0.15, 0.2) is 76.2 Å². The van der Waals surface area contributed by atoms with Crippen LogP contribution in [0.2, 0.25) is 0 Å². The van der Waals surface area contributed by atoms with Gasteiger partial charge in [-0.3, -0.25) is 9.10 Å². The van der Waals surface area contributed by atoms with Gasteiger partial charge in [0.25, 0.3) is 0 Å². The van der Waals surface area contributed by atoms with Crippen LogP contribution in [-0.2, 0) is 21.2 Å². The number of carboxylic acid groups (broad SMARTS) is 1. The molecule has 3 N–H and O–H groups in total. The van der Waals surface area contributed by atoms with Gasteiger partial charge in [0, 0.05) is 28.9 Å². The maximum Gasteiger partial charge on any atom is 0.303 e. The van der Waals surface area contributed by atoms with Gasteiger partial charge < -0.3 is 15.2 Å². The van der Waals surface area contributed by atoms with Crippen molar-refractivity contribution in [3.63, 3.8) is 0 Å². The van der Waals surface area contributed by atoms with Gasteiger partial charge in [0.2, 0.25) is 10.0 Å². The molecule has 4 rings (SSSR count). The maximum atomic E-state index is 11.9. The Morgan fingerprint density at radius 1 is 1.06 bits per heavy atom. The number of nitrogens with zero attached hydrogens (tertiary/aromatic N) is 2. The van der Waals surface area contributed by atoms with Crippen LogP contribution in [0, 0.1) is 0 Å². The molecule has 0 aliphatic carbocycles. The Kier molecular flexibility index (Phi) is 7.18. The zero-order valence-electron chi connectivity index (χ0n) is 19.6. The largest absolute Gasteiger partial charge is 0.494 e. The SMILES string of the molecule is CN(c1ccc(N=C(c2ccc(CCC(=O)O)cc2)c2c(O)[nH]c3cc(Br)ccc23)cc1)S(C)(=O)=O. The number of aliphatic imine (C=N–C) groups is 1. The summed E-state index contributed by atoms with van der Waals surface area (Å²) in [5, 5.41) is 20.6. The van der Waals surface area contributed by atoms with Crippen molar-refractivity contribution in [2.45, 2.75) is 12.8 Å². The molecule has 0 saturated carbocycles. The van der Waals surface area contributed by atoms with Gasteiger partial charge in [-0.1, -0.05) is 46.3 Å². The van der Waals surface area contributed by atoms with E-state index >= 15 is 0 Å². The Morgan fingerprint density at radius 3 is 2.33 bits per heavy atom. The van der Waals surface area contributed by atoms with E-state index in [0.717, 1.165) is 32.8 Å². The number of aryl methyl sites for hydroxylation is 1. The molecule has 0 unspecified atom stereocenters. The van der Waals surface area contributed by atoms with Crippen LogP contribution in [0.4, 0.5) is 11.4 Å². The number of carbonyl (C=O) groups is 1. The fourth-order valence-electron chi connectivity index (χ4n) is 3.80. The van der Waals surface area contributed by atoms with E-state index in [2.05, 4.69) is 20.9 Å². The van der Waals surface area contributed by atoms with Crippen molar-refractivity contribution in [1.82, 2.24) is 4.98 Å². The number of hydrogen-bond acceptors (Lipinski definition) is 5. The molecule has 36 heavy (non-hydrogen) atoms. The molecule has 0 saturated heterocycles. The van der Waals surface area contributed by atoms with E-state index in [1.807, 2.05) is 42.5 Å². The third kappa shape index (κ3) is 5.60. The van der Waals surface area contributed by atoms with Gasteiger partial charge in [-0.05, 0) is 48.4 Å². The lowest BCUT2D eigenvalue weighted by Crippen LogP contribution is -2.24. The molecule has 0 spiro atoms. The van der Waals surface area contributed by atoms with Crippen molar-refractivity contribution in [3.8, 4) is 5.88 Å². The number of benzene rings is 3. The van der Waals surface area contributed by atoms with Crippen LogP contribution >= 0.6 is 15.9 Å². The molecular weight excluding hydrogens is 546 g/mol. The molecule has 1 heterocycles. The number of H-pyrrole nitrogens is 1. The number of rotatable bonds is 8. The average molecular weight is 570 g/mol. The first-order valence-electron chi connectivity index (χ1n) is 11.0. The molecule has 10 heteroatoms. The van der Waals surface area contributed by atoms with Crippen LogP contribution in [0.25, 0.3) is 10.9 Å². The van der Waals surface area contributed by atoms with E-state index in [0.29, 0.717) is 29.1 Å². The summed E-state index contributed by atoms with van der Waals surface area (Å²) in [5.74, 6) is -0.897. The zero-order chi connectivity index (χ0) is 26.0. The van der Waals surface area contributed by atoms with Gasteiger partial charge in [-0.25, -0.2) is 13.4 Å². The first-order chi connectivity index (χ1) is 17.0. The summed E-state index contributed by atoms with van der Waals surface area (Å²) in [6.45, 7) is 0. The van der Waals surface area contributed by atoms with Crippen LogP contribution < -0.4 is 4.31 Å². The normalized spacial score (nSPS) is 12.1. The van der Waals surface area contributed by atoms with Gasteiger partial charge >= 0.3 is 5.97 Å². The van der Waals surface area contributed by atoms with Crippen molar-refractivity contribution in [2.24, 2.45) is 4.99 Å². The predicted molar refractivity (Wildman–Crippen MR) is 145 cm³/mol. The Morgan fingerprint density at radius 2 is 1.72 bits per heavy atom. The first-order valence-corrected chi connectivity index (χ1v) is 13.6. The minimum Gasteiger partial charge on any atom is -0.494 e. The summed E-state index contributed by atoms with van der Waals surface area (Å²) >= 11 is 3.45. The number of fused-ring (bicyclic) bond motifs is 1. The zero-order valence-corrected chi connectivity index (χ0v) is 22.0. The number of aromatic amines is 1. The van der Waals surface area contributed by atoms with E-state index < -0.39 is 16.0 Å². The second-order valence-corrected chi connectivity index (χ2v) is 11.3. The van der Waals surface area contributed by atoms with Crippen molar-refractivity contribution >= 4 is 59.9 Å². The van der Waals surface area contributed by atoms with Crippen LogP contribution in [0.3, 0.4) is 0 Å². The maximum absolute atomic E-state index is 11.9. The van der Waals surface area contributed by atoms with Crippen molar-refractivity contribution in [1.29, 1.82) is 0 Å². The van der Waals surface area contributed by atoms with Gasteiger partial charge in [0.05, 0.1) is 34.4 Å². The Bertz CT molecular complexity index is 1560. The Hall–Kier alpha value is -3.63. The molecule has 8 nitrogen and oxygen atoms in total. The van der Waals surface area contributed by atoms with E-state index in [-0.39, 0.29) is 12.3 Å². The molecule has 3 aromatic carbocycles. The second kappa shape index (κ2) is 10.2. The third-order valence-corrected chi connectivity index (χ3v) is 7.48. The van der Waals surface area contributed by atoms with Crippen LogP contribution in [-0.4, -0.2) is 48.6 Å². The molecule has 0 aliphatic rings. The Balaban J connectivity index is 1.82. The molecule has 4 aromatic rings. The number of aromatic hydroxyl groups is 1. The predicted octanol–water partition coefficient (Wildman–Crippen LogP) is 5.22. The fourth-order valence-corrected chi connectivity index (χ4v) is 4.66. The molecule has 0 bridgehead atoms. The Labute approximate surface area is 217 Å². The molecule has 0 radical (unpaired) electrons. The highest BCUT2D eigenvalue weighted by Gasteiger charge is 2.19. The molecule has 1 aromatic heterocycles. The van der Waals surface area contributed by atoms with Gasteiger partial charge in [0.1, 0.15) is 0 Å². The topological polar surface area (TPSA) is 123 Å². The van der Waals surface area contributed by atoms with Crippen molar-refractivity contribution < 1.29 is 23.4 Å². The summed E-state index contributed by atoms with van der Waals surface area (Å²) in [6, 6.07) is 19.8. The third-order valence-electron chi connectivity index (χ3n) is 5.78. The number of sulfonamides is 1.